The predicted octanol–water partition coefficient (Wildman–Crippen LogP) is 1.61. The number of carbonyl (C=O) groups is 1. The lowest BCUT2D eigenvalue weighted by Gasteiger charge is -2.07. The van der Waals surface area contributed by atoms with E-state index in [4.69, 9.17) is 5.73 Å². The molecule has 0 unspecified atom stereocenters. The van der Waals surface area contributed by atoms with Crippen LogP contribution in [0.3, 0.4) is 0 Å². The Bertz CT molecular complexity index is 435. The summed E-state index contributed by atoms with van der Waals surface area (Å²) in [6.07, 6.45) is 0. The number of aryl methyl sites for hydroxylation is 1. The maximum atomic E-state index is 11.3. The van der Waals surface area contributed by atoms with E-state index in [1.165, 1.54) is 13.0 Å². The third-order valence-corrected chi connectivity index (χ3v) is 2.09. The van der Waals surface area contributed by atoms with Crippen LogP contribution in [-0.4, -0.2) is 16.9 Å². The first-order chi connectivity index (χ1) is 7.41. The molecule has 7 heteroatoms. The SMILES string of the molecule is Cc1ccc(NC(=O)[C@H](C)N)cc1[N+](=O)[O-].Cl. The van der Waals surface area contributed by atoms with Crippen molar-refractivity contribution in [3.05, 3.63) is 33.9 Å². The van der Waals surface area contributed by atoms with Crippen LogP contribution in [0.5, 0.6) is 0 Å². The summed E-state index contributed by atoms with van der Waals surface area (Å²) >= 11 is 0. The second kappa shape index (κ2) is 6.17. The Morgan fingerprint density at radius 3 is 2.59 bits per heavy atom. The van der Waals surface area contributed by atoms with E-state index >= 15 is 0 Å². The summed E-state index contributed by atoms with van der Waals surface area (Å²) in [6, 6.07) is 3.84. The Kier molecular flexibility index (Phi) is 5.57. The van der Waals surface area contributed by atoms with Gasteiger partial charge in [-0.3, -0.25) is 14.9 Å². The fraction of sp³-hybridized carbons (Fsp3) is 0.300. The smallest absolute Gasteiger partial charge is 0.274 e. The van der Waals surface area contributed by atoms with E-state index in [9.17, 15) is 14.9 Å². The van der Waals surface area contributed by atoms with Crippen molar-refractivity contribution in [1.82, 2.24) is 0 Å². The molecule has 1 atom stereocenters. The molecule has 0 saturated carbocycles. The minimum atomic E-state index is -0.652. The van der Waals surface area contributed by atoms with Gasteiger partial charge in [-0.1, -0.05) is 6.07 Å². The van der Waals surface area contributed by atoms with Crippen molar-refractivity contribution in [2.45, 2.75) is 19.9 Å². The average molecular weight is 260 g/mol. The minimum absolute atomic E-state index is 0. The number of benzene rings is 1. The third kappa shape index (κ3) is 4.01. The largest absolute Gasteiger partial charge is 0.324 e. The van der Waals surface area contributed by atoms with Crippen LogP contribution >= 0.6 is 12.4 Å². The number of anilines is 1. The second-order valence-electron chi connectivity index (χ2n) is 3.54. The summed E-state index contributed by atoms with van der Waals surface area (Å²) in [4.78, 5) is 21.4. The monoisotopic (exact) mass is 259 g/mol. The maximum Gasteiger partial charge on any atom is 0.274 e. The van der Waals surface area contributed by atoms with Crippen LogP contribution in [0.25, 0.3) is 0 Å². The summed E-state index contributed by atoms with van der Waals surface area (Å²) < 4.78 is 0. The predicted molar refractivity (Wildman–Crippen MR) is 67.4 cm³/mol. The number of amides is 1. The van der Waals surface area contributed by atoms with Gasteiger partial charge in [-0.25, -0.2) is 0 Å². The molecule has 94 valence electrons. The van der Waals surface area contributed by atoms with Crippen LogP contribution in [0.2, 0.25) is 0 Å². The van der Waals surface area contributed by atoms with Gasteiger partial charge in [0.15, 0.2) is 0 Å². The van der Waals surface area contributed by atoms with Gasteiger partial charge in [-0.05, 0) is 19.9 Å². The molecule has 1 rings (SSSR count). The highest BCUT2D eigenvalue weighted by Gasteiger charge is 2.13. The normalized spacial score (nSPS) is 11.2. The molecule has 1 aromatic carbocycles. The number of halogens is 1. The van der Waals surface area contributed by atoms with Crippen LogP contribution in [0.4, 0.5) is 11.4 Å². The molecule has 0 fully saturated rings. The van der Waals surface area contributed by atoms with Gasteiger partial charge in [-0.2, -0.15) is 0 Å². The Balaban J connectivity index is 0.00000256. The number of nitrogens with zero attached hydrogens (tertiary/aromatic N) is 1. The fourth-order valence-electron chi connectivity index (χ4n) is 1.14. The average Bonchev–Trinajstić information content (AvgIpc) is 2.20. The van der Waals surface area contributed by atoms with Crippen LogP contribution in [0, 0.1) is 17.0 Å². The Morgan fingerprint density at radius 2 is 2.12 bits per heavy atom. The summed E-state index contributed by atoms with van der Waals surface area (Å²) in [6.45, 7) is 3.17. The molecule has 0 spiro atoms. The Labute approximate surface area is 105 Å². The third-order valence-electron chi connectivity index (χ3n) is 2.09. The molecule has 1 amide bonds. The molecule has 0 aromatic heterocycles. The molecule has 17 heavy (non-hydrogen) atoms. The van der Waals surface area contributed by atoms with Crippen molar-refractivity contribution in [3.63, 3.8) is 0 Å². The minimum Gasteiger partial charge on any atom is -0.324 e. The molecular weight excluding hydrogens is 246 g/mol. The number of hydrogen-bond acceptors (Lipinski definition) is 4. The van der Waals surface area contributed by atoms with E-state index in [1.54, 1.807) is 19.1 Å². The van der Waals surface area contributed by atoms with Gasteiger partial charge in [0, 0.05) is 17.3 Å². The summed E-state index contributed by atoms with van der Waals surface area (Å²) in [5, 5.41) is 13.2. The van der Waals surface area contributed by atoms with E-state index in [0.29, 0.717) is 11.3 Å². The first kappa shape index (κ1) is 15.3. The molecule has 0 saturated heterocycles. The number of nitro groups is 1. The van der Waals surface area contributed by atoms with Gasteiger partial charge < -0.3 is 11.1 Å². The fourth-order valence-corrected chi connectivity index (χ4v) is 1.14. The first-order valence-corrected chi connectivity index (χ1v) is 4.73. The zero-order valence-corrected chi connectivity index (χ0v) is 10.3. The Hall–Kier alpha value is -1.66. The number of rotatable bonds is 3. The lowest BCUT2D eigenvalue weighted by Crippen LogP contribution is -2.32. The highest BCUT2D eigenvalue weighted by molar-refractivity contribution is 5.94. The highest BCUT2D eigenvalue weighted by atomic mass is 35.5. The molecule has 0 radical (unpaired) electrons. The number of nitrogens with two attached hydrogens (primary N) is 1. The van der Waals surface area contributed by atoms with Crippen molar-refractivity contribution in [3.8, 4) is 0 Å². The molecule has 0 heterocycles. The van der Waals surface area contributed by atoms with Crippen molar-refractivity contribution < 1.29 is 9.72 Å². The number of nitro benzene ring substituents is 1. The maximum absolute atomic E-state index is 11.3. The number of carbonyl (C=O) groups excluding carboxylic acids is 1. The molecule has 0 bridgehead atoms. The van der Waals surface area contributed by atoms with Gasteiger partial charge >= 0.3 is 0 Å². The quantitative estimate of drug-likeness (QED) is 0.636. The zero-order valence-electron chi connectivity index (χ0n) is 9.47. The van der Waals surface area contributed by atoms with Crippen LogP contribution in [-0.2, 0) is 4.79 Å². The molecular formula is C10H14ClN3O3. The van der Waals surface area contributed by atoms with Gasteiger partial charge in [0.25, 0.3) is 5.69 Å². The standard InChI is InChI=1S/C10H13N3O3.ClH/c1-6-3-4-8(5-9(6)13(15)16)12-10(14)7(2)11;/h3-5,7H,11H2,1-2H3,(H,12,14);1H/t7-;/m0./s1. The van der Waals surface area contributed by atoms with Crippen LogP contribution in [0.1, 0.15) is 12.5 Å². The Morgan fingerprint density at radius 1 is 1.53 bits per heavy atom. The molecule has 0 aliphatic rings. The van der Waals surface area contributed by atoms with E-state index < -0.39 is 11.0 Å². The zero-order chi connectivity index (χ0) is 12.3. The summed E-state index contributed by atoms with van der Waals surface area (Å²) in [5.74, 6) is -0.377. The van der Waals surface area contributed by atoms with E-state index in [0.717, 1.165) is 0 Å². The van der Waals surface area contributed by atoms with E-state index in [2.05, 4.69) is 5.32 Å². The van der Waals surface area contributed by atoms with Crippen molar-refractivity contribution in [2.24, 2.45) is 5.73 Å². The van der Waals surface area contributed by atoms with Crippen molar-refractivity contribution in [1.29, 1.82) is 0 Å². The summed E-state index contributed by atoms with van der Waals surface area (Å²) in [7, 11) is 0. The van der Waals surface area contributed by atoms with Gasteiger partial charge in [-0.15, -0.1) is 12.4 Å². The van der Waals surface area contributed by atoms with Gasteiger partial charge in [0.05, 0.1) is 11.0 Å². The van der Waals surface area contributed by atoms with Gasteiger partial charge in [0.2, 0.25) is 5.91 Å². The second-order valence-corrected chi connectivity index (χ2v) is 3.54. The topological polar surface area (TPSA) is 98.3 Å². The van der Waals surface area contributed by atoms with Crippen LogP contribution < -0.4 is 11.1 Å². The molecule has 0 aliphatic heterocycles. The van der Waals surface area contributed by atoms with Gasteiger partial charge in [0.1, 0.15) is 0 Å². The molecule has 3 N–H and O–H groups in total. The molecule has 0 aliphatic carbocycles. The molecule has 6 nitrogen and oxygen atoms in total. The molecule has 1 aromatic rings. The van der Waals surface area contributed by atoms with Crippen molar-refractivity contribution in [2.75, 3.05) is 5.32 Å². The lowest BCUT2D eigenvalue weighted by atomic mass is 10.2. The number of hydrogen-bond donors (Lipinski definition) is 2. The van der Waals surface area contributed by atoms with E-state index in [-0.39, 0.29) is 24.0 Å². The van der Waals surface area contributed by atoms with E-state index in [1.807, 2.05) is 0 Å². The first-order valence-electron chi connectivity index (χ1n) is 4.73. The van der Waals surface area contributed by atoms with Crippen molar-refractivity contribution >= 4 is 29.7 Å². The highest BCUT2D eigenvalue weighted by Crippen LogP contribution is 2.22. The lowest BCUT2D eigenvalue weighted by molar-refractivity contribution is -0.385. The summed E-state index contributed by atoms with van der Waals surface area (Å²) in [5.41, 5.74) is 6.26. The number of nitrogens with one attached hydrogen (secondary N) is 1. The van der Waals surface area contributed by atoms with Crippen LogP contribution in [0.15, 0.2) is 18.2 Å².